The van der Waals surface area contributed by atoms with Crippen molar-refractivity contribution in [3.05, 3.63) is 22.2 Å². The third-order valence-corrected chi connectivity index (χ3v) is 3.71. The predicted octanol–water partition coefficient (Wildman–Crippen LogP) is 2.91. The summed E-state index contributed by atoms with van der Waals surface area (Å²) in [5.74, 6) is 1.37. The van der Waals surface area contributed by atoms with Crippen LogP contribution >= 0.6 is 28.3 Å². The zero-order valence-corrected chi connectivity index (χ0v) is 14.0. The third kappa shape index (κ3) is 3.99. The first-order valence-electron chi connectivity index (χ1n) is 5.65. The number of methoxy groups -OCH3 is 2. The minimum absolute atomic E-state index is 0. The normalized spacial score (nSPS) is 12.6. The number of ether oxygens (including phenoxy) is 2. The monoisotopic (exact) mass is 353 g/mol. The Morgan fingerprint density at radius 3 is 2.21 bits per heavy atom. The Bertz CT molecular complexity index is 427. The molecule has 0 bridgehead atoms. The van der Waals surface area contributed by atoms with E-state index in [0.29, 0.717) is 11.5 Å². The molecule has 1 aromatic carbocycles. The van der Waals surface area contributed by atoms with E-state index in [-0.39, 0.29) is 25.1 Å². The van der Waals surface area contributed by atoms with Gasteiger partial charge in [-0.25, -0.2) is 0 Å². The van der Waals surface area contributed by atoms with Crippen LogP contribution in [-0.2, 0) is 0 Å². The Kier molecular flexibility index (Phi) is 7.15. The highest BCUT2D eigenvalue weighted by Crippen LogP contribution is 2.40. The highest BCUT2D eigenvalue weighted by molar-refractivity contribution is 9.10. The molecule has 1 atom stereocenters. The molecular weight excluding hydrogens is 334 g/mol. The van der Waals surface area contributed by atoms with Crippen molar-refractivity contribution in [2.24, 2.45) is 11.1 Å². The van der Waals surface area contributed by atoms with Gasteiger partial charge in [-0.15, -0.1) is 12.4 Å². The predicted molar refractivity (Wildman–Crippen MR) is 82.3 cm³/mol. The molecule has 6 heteroatoms. The lowest BCUT2D eigenvalue weighted by molar-refractivity contribution is 0.131. The molecule has 0 aromatic heterocycles. The lowest BCUT2D eigenvalue weighted by Crippen LogP contribution is -2.32. The lowest BCUT2D eigenvalue weighted by Gasteiger charge is -2.31. The number of hydrogen-bond acceptors (Lipinski definition) is 4. The lowest BCUT2D eigenvalue weighted by atomic mass is 9.81. The highest BCUT2D eigenvalue weighted by Gasteiger charge is 2.30. The van der Waals surface area contributed by atoms with Gasteiger partial charge in [-0.1, -0.05) is 13.8 Å². The van der Waals surface area contributed by atoms with E-state index in [4.69, 9.17) is 15.2 Å². The standard InChI is InChI=1S/C13H20BrNO3.ClH/c1-13(2,7-16)12(15)8-5-11(18-4)9(14)6-10(8)17-3;/h5-6,12,16H,7,15H2,1-4H3;1H/t12-;/m0./s1. The summed E-state index contributed by atoms with van der Waals surface area (Å²) in [6, 6.07) is 3.31. The summed E-state index contributed by atoms with van der Waals surface area (Å²) in [6.07, 6.45) is 0. The maximum Gasteiger partial charge on any atom is 0.133 e. The average Bonchev–Trinajstić information content (AvgIpc) is 2.37. The van der Waals surface area contributed by atoms with E-state index in [0.717, 1.165) is 10.0 Å². The van der Waals surface area contributed by atoms with Gasteiger partial charge in [0, 0.05) is 23.6 Å². The van der Waals surface area contributed by atoms with Crippen molar-refractivity contribution in [1.82, 2.24) is 0 Å². The molecule has 0 fully saturated rings. The number of hydrogen-bond donors (Lipinski definition) is 2. The number of rotatable bonds is 5. The molecular formula is C13H21BrClNO3. The summed E-state index contributed by atoms with van der Waals surface area (Å²) in [6.45, 7) is 3.81. The maximum absolute atomic E-state index is 9.41. The Morgan fingerprint density at radius 1 is 1.26 bits per heavy atom. The van der Waals surface area contributed by atoms with Crippen LogP contribution in [0.25, 0.3) is 0 Å². The van der Waals surface area contributed by atoms with Crippen molar-refractivity contribution in [3.8, 4) is 11.5 Å². The molecule has 0 unspecified atom stereocenters. The van der Waals surface area contributed by atoms with Gasteiger partial charge in [0.05, 0.1) is 18.7 Å². The number of aliphatic hydroxyl groups is 1. The van der Waals surface area contributed by atoms with Crippen molar-refractivity contribution in [2.45, 2.75) is 19.9 Å². The number of benzene rings is 1. The zero-order valence-electron chi connectivity index (χ0n) is 11.6. The van der Waals surface area contributed by atoms with Crippen LogP contribution in [0.1, 0.15) is 25.5 Å². The maximum atomic E-state index is 9.41. The fraction of sp³-hybridized carbons (Fsp3) is 0.538. The minimum Gasteiger partial charge on any atom is -0.496 e. The summed E-state index contributed by atoms with van der Waals surface area (Å²) < 4.78 is 11.4. The van der Waals surface area contributed by atoms with Gasteiger partial charge in [-0.3, -0.25) is 0 Å². The molecule has 0 aliphatic heterocycles. The molecule has 0 amide bonds. The molecule has 4 nitrogen and oxygen atoms in total. The molecule has 0 spiro atoms. The second-order valence-electron chi connectivity index (χ2n) is 4.85. The zero-order chi connectivity index (χ0) is 13.9. The van der Waals surface area contributed by atoms with Gasteiger partial charge in [-0.2, -0.15) is 0 Å². The Hall–Kier alpha value is -0.490. The molecule has 1 rings (SSSR count). The Balaban J connectivity index is 0.00000324. The topological polar surface area (TPSA) is 64.7 Å². The highest BCUT2D eigenvalue weighted by atomic mass is 79.9. The second-order valence-corrected chi connectivity index (χ2v) is 5.71. The van der Waals surface area contributed by atoms with Gasteiger partial charge in [0.15, 0.2) is 0 Å². The minimum atomic E-state index is -0.438. The van der Waals surface area contributed by atoms with E-state index in [2.05, 4.69) is 15.9 Å². The fourth-order valence-electron chi connectivity index (χ4n) is 1.65. The first kappa shape index (κ1) is 18.5. The van der Waals surface area contributed by atoms with Crippen LogP contribution in [0.4, 0.5) is 0 Å². The Morgan fingerprint density at radius 2 is 1.79 bits per heavy atom. The van der Waals surface area contributed by atoms with Gasteiger partial charge >= 0.3 is 0 Å². The van der Waals surface area contributed by atoms with E-state index < -0.39 is 5.41 Å². The summed E-state index contributed by atoms with van der Waals surface area (Å²) >= 11 is 3.40. The summed E-state index contributed by atoms with van der Waals surface area (Å²) in [5, 5.41) is 9.41. The van der Waals surface area contributed by atoms with Crippen molar-refractivity contribution in [2.75, 3.05) is 20.8 Å². The van der Waals surface area contributed by atoms with Crippen LogP contribution in [0.2, 0.25) is 0 Å². The first-order valence-corrected chi connectivity index (χ1v) is 6.44. The van der Waals surface area contributed by atoms with Crippen LogP contribution in [0.3, 0.4) is 0 Å². The third-order valence-electron chi connectivity index (χ3n) is 3.09. The molecule has 0 heterocycles. The van der Waals surface area contributed by atoms with E-state index in [1.165, 1.54) is 0 Å². The van der Waals surface area contributed by atoms with E-state index in [1.54, 1.807) is 14.2 Å². The van der Waals surface area contributed by atoms with Crippen LogP contribution in [-0.4, -0.2) is 25.9 Å². The number of nitrogens with two attached hydrogens (primary N) is 1. The molecule has 0 saturated heterocycles. The van der Waals surface area contributed by atoms with Crippen LogP contribution < -0.4 is 15.2 Å². The molecule has 1 aromatic rings. The fourth-order valence-corrected chi connectivity index (χ4v) is 2.13. The van der Waals surface area contributed by atoms with Crippen molar-refractivity contribution < 1.29 is 14.6 Å². The number of halogens is 2. The van der Waals surface area contributed by atoms with E-state index in [1.807, 2.05) is 26.0 Å². The molecule has 0 aliphatic rings. The first-order chi connectivity index (χ1) is 8.37. The van der Waals surface area contributed by atoms with Crippen LogP contribution in [0.15, 0.2) is 16.6 Å². The SMILES string of the molecule is COc1cc([C@H](N)C(C)(C)CO)c(OC)cc1Br.Cl. The summed E-state index contributed by atoms with van der Waals surface area (Å²) in [7, 11) is 3.19. The smallest absolute Gasteiger partial charge is 0.133 e. The van der Waals surface area contributed by atoms with Gasteiger partial charge in [-0.05, 0) is 28.1 Å². The summed E-state index contributed by atoms with van der Waals surface area (Å²) in [5.41, 5.74) is 6.60. The largest absolute Gasteiger partial charge is 0.496 e. The van der Waals surface area contributed by atoms with Gasteiger partial charge < -0.3 is 20.3 Å². The van der Waals surface area contributed by atoms with Crippen molar-refractivity contribution >= 4 is 28.3 Å². The molecule has 0 saturated carbocycles. The molecule has 110 valence electrons. The van der Waals surface area contributed by atoms with Crippen LogP contribution in [0, 0.1) is 5.41 Å². The average molecular weight is 355 g/mol. The Labute approximate surface area is 128 Å². The van der Waals surface area contributed by atoms with Crippen molar-refractivity contribution in [3.63, 3.8) is 0 Å². The molecule has 19 heavy (non-hydrogen) atoms. The van der Waals surface area contributed by atoms with E-state index >= 15 is 0 Å². The summed E-state index contributed by atoms with van der Waals surface area (Å²) in [4.78, 5) is 0. The van der Waals surface area contributed by atoms with Crippen molar-refractivity contribution in [1.29, 1.82) is 0 Å². The quantitative estimate of drug-likeness (QED) is 0.853. The number of aliphatic hydroxyl groups excluding tert-OH is 1. The van der Waals surface area contributed by atoms with E-state index in [9.17, 15) is 5.11 Å². The molecule has 0 radical (unpaired) electrons. The second kappa shape index (κ2) is 7.33. The van der Waals surface area contributed by atoms with Gasteiger partial charge in [0.2, 0.25) is 0 Å². The van der Waals surface area contributed by atoms with Gasteiger partial charge in [0.25, 0.3) is 0 Å². The molecule has 3 N–H and O–H groups in total. The molecule has 0 aliphatic carbocycles. The van der Waals surface area contributed by atoms with Gasteiger partial charge in [0.1, 0.15) is 11.5 Å². The van der Waals surface area contributed by atoms with Crippen LogP contribution in [0.5, 0.6) is 11.5 Å².